The van der Waals surface area contributed by atoms with Gasteiger partial charge in [0, 0.05) is 31.7 Å². The fourth-order valence-corrected chi connectivity index (χ4v) is 6.04. The molecular weight excluding hydrogens is 547 g/mol. The van der Waals surface area contributed by atoms with Gasteiger partial charge in [-0.1, -0.05) is 30.3 Å². The monoisotopic (exact) mass is 577 g/mol. The van der Waals surface area contributed by atoms with Crippen LogP contribution in [0.15, 0.2) is 36.9 Å². The number of amides is 2. The summed E-state index contributed by atoms with van der Waals surface area (Å²) in [7, 11) is 3.14. The summed E-state index contributed by atoms with van der Waals surface area (Å²) in [6.07, 6.45) is 1.21. The van der Waals surface area contributed by atoms with Gasteiger partial charge in [0.15, 0.2) is 5.75 Å². The number of piperazine rings is 1. The second kappa shape index (κ2) is 9.95. The quantitative estimate of drug-likeness (QED) is 0.513. The molecule has 2 saturated heterocycles. The molecule has 2 amide bonds. The lowest BCUT2D eigenvalue weighted by Crippen LogP contribution is -2.57. The van der Waals surface area contributed by atoms with Gasteiger partial charge in [0.2, 0.25) is 5.91 Å². The topological polar surface area (TPSA) is 69.2 Å². The van der Waals surface area contributed by atoms with Crippen molar-refractivity contribution in [2.75, 3.05) is 51.8 Å². The molecule has 8 nitrogen and oxygen atoms in total. The van der Waals surface area contributed by atoms with E-state index in [1.54, 1.807) is 30.0 Å². The van der Waals surface area contributed by atoms with Crippen LogP contribution in [0.2, 0.25) is 5.02 Å². The van der Waals surface area contributed by atoms with Crippen LogP contribution < -0.4 is 9.64 Å². The van der Waals surface area contributed by atoms with E-state index in [9.17, 15) is 14.0 Å². The van der Waals surface area contributed by atoms with Crippen molar-refractivity contribution in [2.45, 2.75) is 37.4 Å². The van der Waals surface area contributed by atoms with Crippen molar-refractivity contribution in [3.8, 4) is 17.0 Å². The third-order valence-electron chi connectivity index (χ3n) is 8.21. The van der Waals surface area contributed by atoms with Gasteiger partial charge < -0.3 is 19.4 Å². The number of carbonyl (C=O) groups excluding carboxylic acids is 2. The molecule has 12 heteroatoms. The normalized spacial score (nSPS) is 23.4. The Morgan fingerprint density at radius 2 is 1.93 bits per heavy atom. The molecule has 0 bridgehead atoms. The maximum Gasteiger partial charge on any atom is 0.287 e. The summed E-state index contributed by atoms with van der Waals surface area (Å²) in [6, 6.07) is 4.13. The van der Waals surface area contributed by atoms with Crippen molar-refractivity contribution in [3.63, 3.8) is 0 Å². The summed E-state index contributed by atoms with van der Waals surface area (Å²) >= 11 is 6.78. The van der Waals surface area contributed by atoms with Crippen LogP contribution in [0.1, 0.15) is 24.2 Å². The first kappa shape index (κ1) is 28.2. The minimum Gasteiger partial charge on any atom is -0.489 e. The first-order chi connectivity index (χ1) is 18.8. The maximum absolute atomic E-state index is 15.8. The smallest absolute Gasteiger partial charge is 0.287 e. The van der Waals surface area contributed by atoms with Gasteiger partial charge in [-0.3, -0.25) is 14.5 Å². The van der Waals surface area contributed by atoms with E-state index in [-0.39, 0.29) is 72.1 Å². The van der Waals surface area contributed by atoms with Gasteiger partial charge in [-0.25, -0.2) is 18.2 Å². The number of pyridine rings is 1. The Balaban J connectivity index is 1.71. The third kappa shape index (κ3) is 4.21. The van der Waals surface area contributed by atoms with Crippen molar-refractivity contribution in [2.24, 2.45) is 0 Å². The Morgan fingerprint density at radius 1 is 1.23 bits per heavy atom. The van der Waals surface area contributed by atoms with Crippen LogP contribution in [-0.2, 0) is 4.79 Å². The number of anilines is 1. The zero-order chi connectivity index (χ0) is 29.1. The van der Waals surface area contributed by atoms with Crippen LogP contribution in [-0.4, -0.2) is 102 Å². The number of likely N-dealkylation sites (N-methyl/N-ethyl adjacent to an activating group) is 1. The lowest BCUT2D eigenvalue weighted by molar-refractivity contribution is -0.128. The van der Waals surface area contributed by atoms with Gasteiger partial charge in [0.05, 0.1) is 17.8 Å². The van der Waals surface area contributed by atoms with Crippen LogP contribution in [0.3, 0.4) is 0 Å². The van der Waals surface area contributed by atoms with Gasteiger partial charge in [-0.15, -0.1) is 0 Å². The number of aromatic nitrogens is 1. The van der Waals surface area contributed by atoms with Crippen molar-refractivity contribution in [1.29, 1.82) is 0 Å². The standard InChI is InChI=1S/C28H31ClF3N5O3/c1-6-20(38)35-11-12-36-16(13-35)15-40-24-21(26(36)39)25(33-23(22(24)29)17-9-7-8-10-18(17)30)37-14-19(34(4)5)28(31,32)27(37,2)3/h6-10,16,19H,1,11-15H2,2-5H3/t16-,19-/m1/s1. The molecule has 2 fully saturated rings. The number of alkyl halides is 2. The second-order valence-electron chi connectivity index (χ2n) is 11.0. The molecule has 40 heavy (non-hydrogen) atoms. The largest absolute Gasteiger partial charge is 0.489 e. The van der Waals surface area contributed by atoms with Crippen molar-refractivity contribution < 1.29 is 27.5 Å². The minimum atomic E-state index is -3.20. The van der Waals surface area contributed by atoms with E-state index in [2.05, 4.69) is 11.6 Å². The molecule has 0 unspecified atom stereocenters. The van der Waals surface area contributed by atoms with Gasteiger partial charge in [0.25, 0.3) is 11.8 Å². The second-order valence-corrected chi connectivity index (χ2v) is 11.4. The molecule has 0 aliphatic carbocycles. The Bertz CT molecular complexity index is 1390. The van der Waals surface area contributed by atoms with E-state index in [0.29, 0.717) is 0 Å². The average molecular weight is 578 g/mol. The Labute approximate surface area is 235 Å². The Morgan fingerprint density at radius 3 is 2.55 bits per heavy atom. The number of nitrogens with zero attached hydrogens (tertiary/aromatic N) is 5. The summed E-state index contributed by atoms with van der Waals surface area (Å²) in [6.45, 7) is 6.81. The number of ether oxygens (including phenoxy) is 1. The summed E-state index contributed by atoms with van der Waals surface area (Å²) in [5.74, 6) is -4.68. The summed E-state index contributed by atoms with van der Waals surface area (Å²) in [5, 5.41) is -0.0935. The first-order valence-corrected chi connectivity index (χ1v) is 13.3. The average Bonchev–Trinajstić information content (AvgIpc) is 3.01. The molecule has 1 aromatic heterocycles. The van der Waals surface area contributed by atoms with E-state index in [1.807, 2.05) is 0 Å². The van der Waals surface area contributed by atoms with Crippen LogP contribution >= 0.6 is 11.6 Å². The fraction of sp³-hybridized carbons (Fsp3) is 0.464. The molecule has 4 heterocycles. The van der Waals surface area contributed by atoms with E-state index in [4.69, 9.17) is 16.3 Å². The molecule has 2 aromatic rings. The van der Waals surface area contributed by atoms with Crippen LogP contribution in [0, 0.1) is 5.82 Å². The molecule has 1 aromatic carbocycles. The molecule has 2 atom stereocenters. The SMILES string of the molecule is C=CC(=O)N1CCN2C(=O)c3c(N4C[C@@H](N(C)C)C(F)(F)C4(C)C)nc(-c4ccccc4F)c(Cl)c3OC[C@H]2C1. The Kier molecular flexibility index (Phi) is 7.02. The van der Waals surface area contributed by atoms with E-state index < -0.39 is 35.3 Å². The molecule has 0 saturated carbocycles. The van der Waals surface area contributed by atoms with Crippen molar-refractivity contribution in [3.05, 3.63) is 53.3 Å². The highest BCUT2D eigenvalue weighted by Gasteiger charge is 2.64. The molecule has 214 valence electrons. The Hall–Kier alpha value is -3.31. The molecule has 5 rings (SSSR count). The van der Waals surface area contributed by atoms with Crippen molar-refractivity contribution in [1.82, 2.24) is 19.7 Å². The van der Waals surface area contributed by atoms with E-state index in [0.717, 1.165) is 0 Å². The first-order valence-electron chi connectivity index (χ1n) is 13.0. The minimum absolute atomic E-state index is 0.0145. The van der Waals surface area contributed by atoms with E-state index >= 15 is 8.78 Å². The molecule has 0 N–H and O–H groups in total. The highest BCUT2D eigenvalue weighted by Crippen LogP contribution is 2.50. The number of benzene rings is 1. The number of rotatable bonds is 4. The number of carbonyl (C=O) groups is 2. The van der Waals surface area contributed by atoms with Crippen LogP contribution in [0.5, 0.6) is 5.75 Å². The predicted octanol–water partition coefficient (Wildman–Crippen LogP) is 3.94. The summed E-state index contributed by atoms with van der Waals surface area (Å²) in [4.78, 5) is 37.1. The maximum atomic E-state index is 15.8. The van der Waals surface area contributed by atoms with Gasteiger partial charge in [0.1, 0.15) is 34.4 Å². The highest BCUT2D eigenvalue weighted by atomic mass is 35.5. The molecule has 0 spiro atoms. The number of halogens is 4. The van der Waals surface area contributed by atoms with Gasteiger partial charge in [-0.05, 0) is 46.2 Å². The lowest BCUT2D eigenvalue weighted by Gasteiger charge is -2.40. The van der Waals surface area contributed by atoms with Gasteiger partial charge >= 0.3 is 0 Å². The molecule has 3 aliphatic rings. The number of hydrogen-bond donors (Lipinski definition) is 0. The predicted molar refractivity (Wildman–Crippen MR) is 146 cm³/mol. The van der Waals surface area contributed by atoms with E-state index in [1.165, 1.54) is 47.9 Å². The number of hydrogen-bond acceptors (Lipinski definition) is 6. The zero-order valence-corrected chi connectivity index (χ0v) is 23.5. The lowest BCUT2D eigenvalue weighted by atomic mass is 9.94. The molecular formula is C28H31ClF3N5O3. The van der Waals surface area contributed by atoms with Crippen molar-refractivity contribution >= 4 is 29.2 Å². The highest BCUT2D eigenvalue weighted by molar-refractivity contribution is 6.35. The van der Waals surface area contributed by atoms with Crippen LogP contribution in [0.4, 0.5) is 19.0 Å². The molecule has 0 radical (unpaired) electrons. The third-order valence-corrected chi connectivity index (χ3v) is 8.56. The fourth-order valence-electron chi connectivity index (χ4n) is 5.75. The number of fused-ring (bicyclic) bond motifs is 2. The molecule has 3 aliphatic heterocycles. The zero-order valence-electron chi connectivity index (χ0n) is 22.8. The summed E-state index contributed by atoms with van der Waals surface area (Å²) in [5.41, 5.74) is -1.80. The van der Waals surface area contributed by atoms with Gasteiger partial charge in [-0.2, -0.15) is 0 Å². The summed E-state index contributed by atoms with van der Waals surface area (Å²) < 4.78 is 52.7. The van der Waals surface area contributed by atoms with Crippen LogP contribution in [0.25, 0.3) is 11.3 Å².